The molecule has 98 valence electrons. The third-order valence-electron chi connectivity index (χ3n) is 2.69. The van der Waals surface area contributed by atoms with E-state index in [1.807, 2.05) is 0 Å². The van der Waals surface area contributed by atoms with Gasteiger partial charge in [-0.2, -0.15) is 0 Å². The zero-order chi connectivity index (χ0) is 14.0. The van der Waals surface area contributed by atoms with Gasteiger partial charge < -0.3 is 0 Å². The Bertz CT molecular complexity index is 643. The summed E-state index contributed by atoms with van der Waals surface area (Å²) in [6, 6.07) is 5.53. The molecule has 0 atom stereocenters. The Morgan fingerprint density at radius 2 is 2.05 bits per heavy atom. The minimum absolute atomic E-state index is 0.141. The molecule has 1 aromatic carbocycles. The lowest BCUT2D eigenvalue weighted by Crippen LogP contribution is -2.08. The standard InChI is InChI=1S/C14H10BrF2NO/c1-8-6-9(4-5-18-8)13(19)7-10-12(16)3-2-11(15)14(10)17/h2-6H,7H2,1H3. The number of carbonyl (C=O) groups excluding carboxylic acids is 1. The molecule has 0 saturated carbocycles. The van der Waals surface area contributed by atoms with Gasteiger partial charge in [-0.05, 0) is 47.1 Å². The fourth-order valence-corrected chi connectivity index (χ4v) is 2.08. The number of Topliss-reactive ketones (excluding diaryl/α,β-unsaturated/α-hetero) is 1. The number of ketones is 1. The lowest BCUT2D eigenvalue weighted by molar-refractivity contribution is 0.0990. The number of nitrogens with zero attached hydrogens (tertiary/aromatic N) is 1. The van der Waals surface area contributed by atoms with Crippen molar-refractivity contribution in [2.75, 3.05) is 0 Å². The van der Waals surface area contributed by atoms with Crippen LogP contribution in [-0.2, 0) is 6.42 Å². The highest BCUT2D eigenvalue weighted by Crippen LogP contribution is 2.23. The first-order chi connectivity index (χ1) is 8.99. The van der Waals surface area contributed by atoms with Crippen molar-refractivity contribution >= 4 is 21.7 Å². The third kappa shape index (κ3) is 3.04. The maximum Gasteiger partial charge on any atom is 0.167 e. The van der Waals surface area contributed by atoms with E-state index in [2.05, 4.69) is 20.9 Å². The molecule has 19 heavy (non-hydrogen) atoms. The molecule has 0 fully saturated rings. The van der Waals surface area contributed by atoms with E-state index in [0.717, 1.165) is 6.07 Å². The topological polar surface area (TPSA) is 30.0 Å². The van der Waals surface area contributed by atoms with E-state index in [1.165, 1.54) is 18.3 Å². The minimum Gasteiger partial charge on any atom is -0.294 e. The fraction of sp³-hybridized carbons (Fsp3) is 0.143. The van der Waals surface area contributed by atoms with Crippen LogP contribution in [0.4, 0.5) is 8.78 Å². The second-order valence-electron chi connectivity index (χ2n) is 4.11. The lowest BCUT2D eigenvalue weighted by atomic mass is 10.0. The first-order valence-corrected chi connectivity index (χ1v) is 6.36. The predicted octanol–water partition coefficient (Wildman–Crippen LogP) is 3.86. The number of hydrogen-bond acceptors (Lipinski definition) is 2. The molecule has 2 aromatic rings. The number of hydrogen-bond donors (Lipinski definition) is 0. The van der Waals surface area contributed by atoms with Crippen LogP contribution in [0.25, 0.3) is 0 Å². The van der Waals surface area contributed by atoms with E-state index >= 15 is 0 Å². The van der Waals surface area contributed by atoms with Gasteiger partial charge in [0, 0.05) is 29.4 Å². The summed E-state index contributed by atoms with van der Waals surface area (Å²) in [6.45, 7) is 1.75. The average Bonchev–Trinajstić information content (AvgIpc) is 2.39. The molecule has 0 N–H and O–H groups in total. The van der Waals surface area contributed by atoms with Gasteiger partial charge in [-0.25, -0.2) is 8.78 Å². The highest BCUT2D eigenvalue weighted by molar-refractivity contribution is 9.10. The Labute approximate surface area is 117 Å². The molecule has 0 radical (unpaired) electrons. The normalized spacial score (nSPS) is 10.5. The summed E-state index contributed by atoms with van der Waals surface area (Å²) in [5, 5.41) is 0. The molecule has 2 nitrogen and oxygen atoms in total. The molecule has 0 aliphatic rings. The largest absolute Gasteiger partial charge is 0.294 e. The first-order valence-electron chi connectivity index (χ1n) is 5.57. The molecule has 0 saturated heterocycles. The number of carbonyl (C=O) groups is 1. The molecule has 0 aliphatic carbocycles. The van der Waals surface area contributed by atoms with Crippen LogP contribution in [0.15, 0.2) is 34.9 Å². The van der Waals surface area contributed by atoms with Crippen molar-refractivity contribution in [3.8, 4) is 0 Å². The van der Waals surface area contributed by atoms with Crippen molar-refractivity contribution < 1.29 is 13.6 Å². The van der Waals surface area contributed by atoms with Crippen molar-refractivity contribution in [1.29, 1.82) is 0 Å². The number of rotatable bonds is 3. The zero-order valence-electron chi connectivity index (χ0n) is 10.1. The Kier molecular flexibility index (Phi) is 4.04. The van der Waals surface area contributed by atoms with E-state index in [0.29, 0.717) is 11.3 Å². The van der Waals surface area contributed by atoms with Crippen LogP contribution in [0.2, 0.25) is 0 Å². The molecule has 1 aromatic heterocycles. The molecule has 0 amide bonds. The fourth-order valence-electron chi connectivity index (χ4n) is 1.71. The molecular weight excluding hydrogens is 316 g/mol. The average molecular weight is 326 g/mol. The second kappa shape index (κ2) is 5.57. The Hall–Kier alpha value is -1.62. The van der Waals surface area contributed by atoms with Crippen LogP contribution in [0.1, 0.15) is 21.6 Å². The zero-order valence-corrected chi connectivity index (χ0v) is 11.7. The van der Waals surface area contributed by atoms with Gasteiger partial charge in [-0.15, -0.1) is 0 Å². The van der Waals surface area contributed by atoms with Crippen LogP contribution in [0.5, 0.6) is 0 Å². The summed E-state index contributed by atoms with van der Waals surface area (Å²) in [5.41, 5.74) is 0.848. The lowest BCUT2D eigenvalue weighted by Gasteiger charge is -2.06. The third-order valence-corrected chi connectivity index (χ3v) is 3.31. The minimum atomic E-state index is -0.737. The van der Waals surface area contributed by atoms with Gasteiger partial charge in [0.15, 0.2) is 5.78 Å². The summed E-state index contributed by atoms with van der Waals surface area (Å²) in [7, 11) is 0. The molecule has 1 heterocycles. The van der Waals surface area contributed by atoms with Crippen molar-refractivity contribution in [2.45, 2.75) is 13.3 Å². The van der Waals surface area contributed by atoms with Crippen LogP contribution < -0.4 is 0 Å². The number of halogens is 3. The van der Waals surface area contributed by atoms with Gasteiger partial charge in [0.25, 0.3) is 0 Å². The van der Waals surface area contributed by atoms with Crippen LogP contribution >= 0.6 is 15.9 Å². The predicted molar refractivity (Wildman–Crippen MR) is 71.1 cm³/mol. The Balaban J connectivity index is 2.32. The van der Waals surface area contributed by atoms with E-state index in [1.54, 1.807) is 13.0 Å². The van der Waals surface area contributed by atoms with E-state index in [-0.39, 0.29) is 22.2 Å². The highest BCUT2D eigenvalue weighted by atomic mass is 79.9. The van der Waals surface area contributed by atoms with E-state index in [9.17, 15) is 13.6 Å². The van der Waals surface area contributed by atoms with Crippen LogP contribution in [-0.4, -0.2) is 10.8 Å². The summed E-state index contributed by atoms with van der Waals surface area (Å²) in [4.78, 5) is 16.0. The Morgan fingerprint density at radius 3 is 2.74 bits per heavy atom. The van der Waals surface area contributed by atoms with Gasteiger partial charge in [0.2, 0.25) is 0 Å². The summed E-state index contributed by atoms with van der Waals surface area (Å²) in [5.74, 6) is -1.81. The number of aryl methyl sites for hydroxylation is 1. The van der Waals surface area contributed by atoms with E-state index in [4.69, 9.17) is 0 Å². The summed E-state index contributed by atoms with van der Waals surface area (Å²) >= 11 is 2.98. The summed E-state index contributed by atoms with van der Waals surface area (Å²) in [6.07, 6.45) is 1.18. The van der Waals surface area contributed by atoms with E-state index < -0.39 is 11.6 Å². The highest BCUT2D eigenvalue weighted by Gasteiger charge is 2.17. The smallest absolute Gasteiger partial charge is 0.167 e. The van der Waals surface area contributed by atoms with Gasteiger partial charge in [-0.3, -0.25) is 9.78 Å². The van der Waals surface area contributed by atoms with Crippen molar-refractivity contribution in [3.63, 3.8) is 0 Å². The maximum atomic E-state index is 13.8. The second-order valence-corrected chi connectivity index (χ2v) is 4.96. The molecule has 0 bridgehead atoms. The quantitative estimate of drug-likeness (QED) is 0.633. The monoisotopic (exact) mass is 325 g/mol. The van der Waals surface area contributed by atoms with Crippen LogP contribution in [0, 0.1) is 18.6 Å². The summed E-state index contributed by atoms with van der Waals surface area (Å²) < 4.78 is 27.5. The Morgan fingerprint density at radius 1 is 1.32 bits per heavy atom. The molecule has 0 unspecified atom stereocenters. The van der Waals surface area contributed by atoms with Crippen molar-refractivity contribution in [2.24, 2.45) is 0 Å². The van der Waals surface area contributed by atoms with Gasteiger partial charge >= 0.3 is 0 Å². The molecule has 2 rings (SSSR count). The maximum absolute atomic E-state index is 13.8. The van der Waals surface area contributed by atoms with Crippen molar-refractivity contribution in [1.82, 2.24) is 4.98 Å². The number of pyridine rings is 1. The molecular formula is C14H10BrF2NO. The number of aromatic nitrogens is 1. The SMILES string of the molecule is Cc1cc(C(=O)Cc2c(F)ccc(Br)c2F)ccn1. The molecule has 5 heteroatoms. The van der Waals surface area contributed by atoms with Crippen LogP contribution in [0.3, 0.4) is 0 Å². The van der Waals surface area contributed by atoms with Gasteiger partial charge in [0.1, 0.15) is 11.6 Å². The molecule has 0 aliphatic heterocycles. The number of benzene rings is 1. The first kappa shape index (κ1) is 13.8. The van der Waals surface area contributed by atoms with Gasteiger partial charge in [0.05, 0.1) is 4.47 Å². The van der Waals surface area contributed by atoms with Crippen molar-refractivity contribution in [3.05, 3.63) is 63.4 Å². The van der Waals surface area contributed by atoms with Gasteiger partial charge in [-0.1, -0.05) is 0 Å². The molecule has 0 spiro atoms.